The maximum absolute atomic E-state index is 12.4. The van der Waals surface area contributed by atoms with E-state index in [1.807, 2.05) is 55.4 Å². The van der Waals surface area contributed by atoms with Gasteiger partial charge in [0.15, 0.2) is 0 Å². The van der Waals surface area contributed by atoms with Gasteiger partial charge in [0.2, 0.25) is 0 Å². The van der Waals surface area contributed by atoms with E-state index in [1.54, 1.807) is 6.92 Å². The van der Waals surface area contributed by atoms with Crippen molar-refractivity contribution >= 4 is 24.0 Å². The number of carbonyl (C=O) groups excluding carboxylic acids is 4. The van der Waals surface area contributed by atoms with Gasteiger partial charge >= 0.3 is 11.9 Å². The van der Waals surface area contributed by atoms with Crippen LogP contribution in [0.25, 0.3) is 0 Å². The monoisotopic (exact) mass is 512 g/mol. The Balaban J connectivity index is 4.03. The maximum atomic E-state index is 12.4. The van der Waals surface area contributed by atoms with Gasteiger partial charge in [-0.3, -0.25) is 14.4 Å². The summed E-state index contributed by atoms with van der Waals surface area (Å²) in [6.07, 6.45) is 7.47. The first kappa shape index (κ1) is 34.2. The summed E-state index contributed by atoms with van der Waals surface area (Å²) < 4.78 is 16.2. The second-order valence-electron chi connectivity index (χ2n) is 12.6. The van der Waals surface area contributed by atoms with E-state index < -0.39 is 10.8 Å². The highest BCUT2D eigenvalue weighted by Crippen LogP contribution is 2.30. The van der Waals surface area contributed by atoms with E-state index in [4.69, 9.17) is 14.2 Å². The molecule has 0 spiro atoms. The van der Waals surface area contributed by atoms with Crippen molar-refractivity contribution < 1.29 is 33.4 Å². The number of hydrogen-bond donors (Lipinski definition) is 0. The third kappa shape index (κ3) is 14.1. The molecule has 0 rings (SSSR count). The number of carbonyl (C=O) groups is 4. The Labute approximate surface area is 219 Å². The number of ketones is 1. The molecule has 0 saturated carbocycles. The van der Waals surface area contributed by atoms with Crippen LogP contribution in [0, 0.1) is 21.7 Å². The van der Waals surface area contributed by atoms with E-state index in [9.17, 15) is 19.2 Å². The van der Waals surface area contributed by atoms with E-state index in [2.05, 4.69) is 0 Å². The van der Waals surface area contributed by atoms with E-state index in [0.717, 1.165) is 44.8 Å². The lowest BCUT2D eigenvalue weighted by atomic mass is 9.81. The number of hydrogen-bond acceptors (Lipinski definition) is 7. The Morgan fingerprint density at radius 2 is 0.944 bits per heavy atom. The highest BCUT2D eigenvalue weighted by Gasteiger charge is 2.30. The second kappa shape index (κ2) is 15.5. The van der Waals surface area contributed by atoms with Gasteiger partial charge < -0.3 is 19.0 Å². The van der Waals surface area contributed by atoms with E-state index >= 15 is 0 Å². The topological polar surface area (TPSA) is 96.0 Å². The molecule has 0 radical (unpaired) electrons. The van der Waals surface area contributed by atoms with Crippen LogP contribution in [-0.4, -0.2) is 50.4 Å². The van der Waals surface area contributed by atoms with Gasteiger partial charge in [0.25, 0.3) is 0 Å². The van der Waals surface area contributed by atoms with Crippen molar-refractivity contribution in [3.63, 3.8) is 0 Å². The van der Waals surface area contributed by atoms with Gasteiger partial charge in [-0.25, -0.2) is 0 Å². The van der Waals surface area contributed by atoms with Gasteiger partial charge in [-0.1, -0.05) is 53.4 Å². The van der Waals surface area contributed by atoms with Crippen LogP contribution in [-0.2, 0) is 33.4 Å². The van der Waals surface area contributed by atoms with Crippen molar-refractivity contribution in [1.82, 2.24) is 0 Å². The Bertz CT molecular complexity index is 704. The average molecular weight is 513 g/mol. The molecule has 0 saturated heterocycles. The number of unbranched alkanes of at least 4 members (excludes halogenated alkanes) is 2. The molecular formula is C29H52O7. The molecule has 0 aromatic rings. The average Bonchev–Trinajstić information content (AvgIpc) is 2.78. The van der Waals surface area contributed by atoms with Crippen LogP contribution >= 0.6 is 0 Å². The first-order valence-electron chi connectivity index (χ1n) is 13.4. The summed E-state index contributed by atoms with van der Waals surface area (Å²) in [5, 5.41) is 0. The summed E-state index contributed by atoms with van der Waals surface area (Å²) in [4.78, 5) is 47.4. The van der Waals surface area contributed by atoms with Gasteiger partial charge in [0.05, 0.1) is 24.0 Å². The van der Waals surface area contributed by atoms with Crippen molar-refractivity contribution in [2.75, 3.05) is 26.4 Å². The standard InChI is InChI=1S/C29H52O7/c1-23(31)27(4,5)15-12-13-17-29(8,9)25(33)36-21-19-34-18-20-35-24(32)28(6,7)16-11-10-14-26(2,3)22-30/h22H,10-21H2,1-9H3. The lowest BCUT2D eigenvalue weighted by Gasteiger charge is -2.24. The normalized spacial score (nSPS) is 12.8. The minimum atomic E-state index is -0.593. The molecule has 210 valence electrons. The van der Waals surface area contributed by atoms with Gasteiger partial charge in [0, 0.05) is 10.8 Å². The summed E-state index contributed by atoms with van der Waals surface area (Å²) in [5.74, 6) is -0.339. The predicted octanol–water partition coefficient (Wildman–Crippen LogP) is 6.10. The molecule has 7 heteroatoms. The van der Waals surface area contributed by atoms with Gasteiger partial charge in [0.1, 0.15) is 25.3 Å². The summed E-state index contributed by atoms with van der Waals surface area (Å²) in [6.45, 7) is 17.6. The highest BCUT2D eigenvalue weighted by molar-refractivity contribution is 5.81. The molecule has 0 aromatic heterocycles. The molecule has 0 bridgehead atoms. The molecular weight excluding hydrogens is 460 g/mol. The first-order chi connectivity index (χ1) is 16.5. The summed E-state index contributed by atoms with van der Waals surface area (Å²) in [7, 11) is 0. The SMILES string of the molecule is CC(=O)C(C)(C)CCCCC(C)(C)C(=O)OCCOCCOC(=O)C(C)(C)CCCCC(C)(C)C=O. The predicted molar refractivity (Wildman–Crippen MR) is 142 cm³/mol. The molecule has 0 aromatic carbocycles. The number of esters is 2. The van der Waals surface area contributed by atoms with Crippen molar-refractivity contribution in [2.45, 2.75) is 114 Å². The minimum absolute atomic E-state index is 0.149. The lowest BCUT2D eigenvalue weighted by molar-refractivity contribution is -0.157. The van der Waals surface area contributed by atoms with Crippen LogP contribution in [0.4, 0.5) is 0 Å². The van der Waals surface area contributed by atoms with Crippen LogP contribution in [0.2, 0.25) is 0 Å². The molecule has 0 aliphatic heterocycles. The molecule has 36 heavy (non-hydrogen) atoms. The Hall–Kier alpha value is -1.76. The Kier molecular flexibility index (Phi) is 14.7. The molecule has 0 fully saturated rings. The molecule has 0 heterocycles. The second-order valence-corrected chi connectivity index (χ2v) is 12.6. The van der Waals surface area contributed by atoms with Gasteiger partial charge in [-0.2, -0.15) is 0 Å². The molecule has 0 aliphatic carbocycles. The third-order valence-corrected chi connectivity index (χ3v) is 7.03. The Morgan fingerprint density at radius 3 is 1.31 bits per heavy atom. The number of rotatable bonds is 20. The lowest BCUT2D eigenvalue weighted by Crippen LogP contribution is -2.29. The van der Waals surface area contributed by atoms with E-state index in [0.29, 0.717) is 12.8 Å². The van der Waals surface area contributed by atoms with Crippen molar-refractivity contribution in [3.8, 4) is 0 Å². The molecule has 0 amide bonds. The smallest absolute Gasteiger partial charge is 0.311 e. The first-order valence-corrected chi connectivity index (χ1v) is 13.4. The quantitative estimate of drug-likeness (QED) is 0.110. The fourth-order valence-electron chi connectivity index (χ4n) is 3.60. The third-order valence-electron chi connectivity index (χ3n) is 7.03. The zero-order valence-corrected chi connectivity index (χ0v) is 24.4. The van der Waals surface area contributed by atoms with Crippen LogP contribution < -0.4 is 0 Å². The van der Waals surface area contributed by atoms with Crippen molar-refractivity contribution in [2.24, 2.45) is 21.7 Å². The molecule has 0 N–H and O–H groups in total. The van der Waals surface area contributed by atoms with Gasteiger partial charge in [-0.05, 0) is 60.3 Å². The largest absolute Gasteiger partial charge is 0.463 e. The van der Waals surface area contributed by atoms with Crippen molar-refractivity contribution in [1.29, 1.82) is 0 Å². The van der Waals surface area contributed by atoms with Crippen LogP contribution in [0.3, 0.4) is 0 Å². The molecule has 0 aliphatic rings. The minimum Gasteiger partial charge on any atom is -0.463 e. The number of ether oxygens (including phenoxy) is 3. The van der Waals surface area contributed by atoms with Crippen LogP contribution in [0.5, 0.6) is 0 Å². The molecule has 0 atom stereocenters. The fourth-order valence-corrected chi connectivity index (χ4v) is 3.60. The highest BCUT2D eigenvalue weighted by atomic mass is 16.6. The fraction of sp³-hybridized carbons (Fsp3) is 0.862. The molecule has 0 unspecified atom stereocenters. The maximum Gasteiger partial charge on any atom is 0.311 e. The zero-order valence-electron chi connectivity index (χ0n) is 24.4. The number of Topliss-reactive ketones (excluding diaryl/α,β-unsaturated/α-hetero) is 1. The summed E-state index contributed by atoms with van der Waals surface area (Å²) in [5.41, 5.74) is -1.82. The zero-order chi connectivity index (χ0) is 28.0. The van der Waals surface area contributed by atoms with Gasteiger partial charge in [-0.15, -0.1) is 0 Å². The van der Waals surface area contributed by atoms with Crippen LogP contribution in [0.15, 0.2) is 0 Å². The van der Waals surface area contributed by atoms with E-state index in [1.165, 1.54) is 0 Å². The number of aldehydes is 1. The summed E-state index contributed by atoms with van der Waals surface area (Å²) in [6, 6.07) is 0. The molecule has 7 nitrogen and oxygen atoms in total. The van der Waals surface area contributed by atoms with Crippen LogP contribution in [0.1, 0.15) is 114 Å². The summed E-state index contributed by atoms with van der Waals surface area (Å²) >= 11 is 0. The van der Waals surface area contributed by atoms with E-state index in [-0.39, 0.29) is 55.0 Å². The Morgan fingerprint density at radius 1 is 0.583 bits per heavy atom. The van der Waals surface area contributed by atoms with Crippen molar-refractivity contribution in [3.05, 3.63) is 0 Å².